The van der Waals surface area contributed by atoms with Crippen LogP contribution in [0.3, 0.4) is 0 Å². The average Bonchev–Trinajstić information content (AvgIpc) is 2.58. The van der Waals surface area contributed by atoms with E-state index < -0.39 is 21.7 Å². The first kappa shape index (κ1) is 24.5. The number of carbonyl (C=O) groups excluding carboxylic acids is 2. The van der Waals surface area contributed by atoms with Gasteiger partial charge in [-0.05, 0) is 65.2 Å². The van der Waals surface area contributed by atoms with Crippen molar-refractivity contribution in [1.82, 2.24) is 9.21 Å². The van der Waals surface area contributed by atoms with Crippen molar-refractivity contribution in [2.24, 2.45) is 5.92 Å². The van der Waals surface area contributed by atoms with Gasteiger partial charge in [-0.15, -0.1) is 0 Å². The number of likely N-dealkylation sites (tertiary alicyclic amines) is 1. The van der Waals surface area contributed by atoms with Gasteiger partial charge >= 0.3 is 6.09 Å². The fourth-order valence-corrected chi connectivity index (χ4v) is 6.16. The molecule has 0 bridgehead atoms. The zero-order chi connectivity index (χ0) is 23.7. The molecule has 1 aromatic carbocycles. The first-order chi connectivity index (χ1) is 14.8. The fourth-order valence-electron chi connectivity index (χ4n) is 4.15. The molecule has 2 saturated heterocycles. The molecule has 2 fully saturated rings. The van der Waals surface area contributed by atoms with Crippen LogP contribution in [0.2, 0.25) is 0 Å². The van der Waals surface area contributed by atoms with Gasteiger partial charge in [-0.25, -0.2) is 13.2 Å². The predicted octanol–water partition coefficient (Wildman–Crippen LogP) is 3.59. The second-order valence-electron chi connectivity index (χ2n) is 10.4. The maximum absolute atomic E-state index is 13.1. The van der Waals surface area contributed by atoms with Gasteiger partial charge in [-0.1, -0.05) is 18.6 Å². The number of piperidine rings is 1. The van der Waals surface area contributed by atoms with Crippen molar-refractivity contribution >= 4 is 27.7 Å². The van der Waals surface area contributed by atoms with Crippen molar-refractivity contribution in [1.29, 1.82) is 0 Å². The number of ether oxygens (including phenoxy) is 1. The Bertz CT molecular complexity index is 962. The normalized spacial score (nSPS) is 19.8. The number of amides is 2. The van der Waals surface area contributed by atoms with Crippen molar-refractivity contribution in [3.63, 3.8) is 0 Å². The van der Waals surface area contributed by atoms with Crippen LogP contribution in [-0.2, 0) is 25.3 Å². The molecule has 2 aliphatic rings. The predicted molar refractivity (Wildman–Crippen MR) is 124 cm³/mol. The van der Waals surface area contributed by atoms with Gasteiger partial charge in [-0.3, -0.25) is 4.79 Å². The minimum Gasteiger partial charge on any atom is -0.444 e. The molecule has 32 heavy (non-hydrogen) atoms. The Morgan fingerprint density at radius 3 is 2.50 bits per heavy atom. The molecule has 8 nitrogen and oxygen atoms in total. The molecular weight excluding hydrogens is 430 g/mol. The summed E-state index contributed by atoms with van der Waals surface area (Å²) in [4.78, 5) is 26.1. The second kappa shape index (κ2) is 9.02. The second-order valence-corrected chi connectivity index (χ2v) is 12.3. The SMILES string of the molecule is CC(C)(C)OC(=O)N1CC(C(=O)Nc2cccc(CS(=O)(=O)N3CCCCC3(C)C)c2)C1. The summed E-state index contributed by atoms with van der Waals surface area (Å²) in [6.45, 7) is 10.5. The summed E-state index contributed by atoms with van der Waals surface area (Å²) in [7, 11) is -3.47. The van der Waals surface area contributed by atoms with Crippen LogP contribution in [0.1, 0.15) is 59.4 Å². The average molecular weight is 466 g/mol. The van der Waals surface area contributed by atoms with Crippen LogP contribution in [0.25, 0.3) is 0 Å². The zero-order valence-electron chi connectivity index (χ0n) is 19.7. The Balaban J connectivity index is 1.58. The summed E-state index contributed by atoms with van der Waals surface area (Å²) in [5, 5.41) is 2.85. The number of hydrogen-bond acceptors (Lipinski definition) is 5. The number of carbonyl (C=O) groups is 2. The smallest absolute Gasteiger partial charge is 0.410 e. The maximum Gasteiger partial charge on any atom is 0.410 e. The van der Waals surface area contributed by atoms with E-state index in [0.29, 0.717) is 30.9 Å². The van der Waals surface area contributed by atoms with E-state index in [4.69, 9.17) is 4.74 Å². The van der Waals surface area contributed by atoms with E-state index in [1.807, 2.05) is 13.8 Å². The first-order valence-corrected chi connectivity index (χ1v) is 12.8. The molecule has 2 amide bonds. The van der Waals surface area contributed by atoms with Crippen molar-refractivity contribution in [2.45, 2.75) is 70.8 Å². The third kappa shape index (κ3) is 6.01. The third-order valence-corrected chi connectivity index (χ3v) is 7.90. The summed E-state index contributed by atoms with van der Waals surface area (Å²) in [6, 6.07) is 6.95. The lowest BCUT2D eigenvalue weighted by molar-refractivity contribution is -0.124. The van der Waals surface area contributed by atoms with Gasteiger partial charge in [0.1, 0.15) is 5.60 Å². The van der Waals surface area contributed by atoms with Crippen LogP contribution < -0.4 is 5.32 Å². The monoisotopic (exact) mass is 465 g/mol. The Kier molecular flexibility index (Phi) is 6.91. The molecule has 1 N–H and O–H groups in total. The minimum atomic E-state index is -3.47. The lowest BCUT2D eigenvalue weighted by Gasteiger charge is -2.41. The largest absolute Gasteiger partial charge is 0.444 e. The van der Waals surface area contributed by atoms with Crippen LogP contribution >= 0.6 is 0 Å². The fraction of sp³-hybridized carbons (Fsp3) is 0.652. The summed E-state index contributed by atoms with van der Waals surface area (Å²) >= 11 is 0. The third-order valence-electron chi connectivity index (χ3n) is 5.86. The zero-order valence-corrected chi connectivity index (χ0v) is 20.5. The summed E-state index contributed by atoms with van der Waals surface area (Å²) in [6.07, 6.45) is 2.34. The number of benzene rings is 1. The standard InChI is InChI=1S/C23H35N3O5S/c1-22(2,3)31-21(28)25-14-18(15-25)20(27)24-19-10-8-9-17(13-19)16-32(29,30)26-12-7-6-11-23(26,4)5/h8-10,13,18H,6-7,11-12,14-16H2,1-5H3,(H,24,27). The van der Waals surface area contributed by atoms with E-state index in [1.165, 1.54) is 4.90 Å². The number of nitrogens with one attached hydrogen (secondary N) is 1. The lowest BCUT2D eigenvalue weighted by atomic mass is 9.93. The van der Waals surface area contributed by atoms with Gasteiger partial charge in [0.2, 0.25) is 15.9 Å². The van der Waals surface area contributed by atoms with Crippen LogP contribution in [0.15, 0.2) is 24.3 Å². The summed E-state index contributed by atoms with van der Waals surface area (Å²) < 4.78 is 33.0. The van der Waals surface area contributed by atoms with Crippen molar-refractivity contribution in [3.05, 3.63) is 29.8 Å². The van der Waals surface area contributed by atoms with Gasteiger partial charge in [0, 0.05) is 30.9 Å². The Hall–Kier alpha value is -2.13. The number of nitrogens with zero attached hydrogens (tertiary/aromatic N) is 2. The van der Waals surface area contributed by atoms with E-state index in [-0.39, 0.29) is 23.1 Å². The molecule has 0 saturated carbocycles. The molecule has 0 unspecified atom stereocenters. The van der Waals surface area contributed by atoms with E-state index in [9.17, 15) is 18.0 Å². The van der Waals surface area contributed by atoms with E-state index >= 15 is 0 Å². The molecule has 178 valence electrons. The van der Waals surface area contributed by atoms with Gasteiger partial charge in [-0.2, -0.15) is 4.31 Å². The highest BCUT2D eigenvalue weighted by atomic mass is 32.2. The number of rotatable bonds is 5. The molecule has 0 aromatic heterocycles. The number of hydrogen-bond donors (Lipinski definition) is 1. The van der Waals surface area contributed by atoms with Crippen molar-refractivity contribution in [2.75, 3.05) is 25.0 Å². The highest BCUT2D eigenvalue weighted by molar-refractivity contribution is 7.88. The maximum atomic E-state index is 13.1. The molecular formula is C23H35N3O5S. The molecule has 9 heteroatoms. The van der Waals surface area contributed by atoms with Crippen LogP contribution in [0.5, 0.6) is 0 Å². The van der Waals surface area contributed by atoms with Gasteiger partial charge < -0.3 is 15.0 Å². The van der Waals surface area contributed by atoms with Crippen LogP contribution in [0, 0.1) is 5.92 Å². The molecule has 2 aliphatic heterocycles. The molecule has 2 heterocycles. The molecule has 0 radical (unpaired) electrons. The Labute approximate surface area is 191 Å². The quantitative estimate of drug-likeness (QED) is 0.717. The molecule has 3 rings (SSSR count). The molecule has 0 spiro atoms. The molecule has 0 atom stereocenters. The van der Waals surface area contributed by atoms with Gasteiger partial charge in [0.25, 0.3) is 0 Å². The summed E-state index contributed by atoms with van der Waals surface area (Å²) in [5.74, 6) is -0.609. The number of sulfonamides is 1. The van der Waals surface area contributed by atoms with E-state index in [2.05, 4.69) is 5.32 Å². The van der Waals surface area contributed by atoms with E-state index in [0.717, 1.165) is 19.3 Å². The van der Waals surface area contributed by atoms with Gasteiger partial charge in [0.05, 0.1) is 11.7 Å². The summed E-state index contributed by atoms with van der Waals surface area (Å²) in [5.41, 5.74) is 0.228. The highest BCUT2D eigenvalue weighted by Gasteiger charge is 2.39. The highest BCUT2D eigenvalue weighted by Crippen LogP contribution is 2.31. The Morgan fingerprint density at radius 1 is 1.19 bits per heavy atom. The van der Waals surface area contributed by atoms with Crippen LogP contribution in [0.4, 0.5) is 10.5 Å². The topological polar surface area (TPSA) is 96.0 Å². The van der Waals surface area contributed by atoms with Crippen LogP contribution in [-0.4, -0.2) is 60.4 Å². The Morgan fingerprint density at radius 2 is 1.88 bits per heavy atom. The molecule has 0 aliphatic carbocycles. The van der Waals surface area contributed by atoms with E-state index in [1.54, 1.807) is 49.3 Å². The first-order valence-electron chi connectivity index (χ1n) is 11.2. The van der Waals surface area contributed by atoms with Gasteiger partial charge in [0.15, 0.2) is 0 Å². The number of anilines is 1. The van der Waals surface area contributed by atoms with Crippen molar-refractivity contribution < 1.29 is 22.7 Å². The van der Waals surface area contributed by atoms with Crippen molar-refractivity contribution in [3.8, 4) is 0 Å². The molecule has 1 aromatic rings. The lowest BCUT2D eigenvalue weighted by Crippen LogP contribution is -2.55. The minimum absolute atomic E-state index is 0.101.